The van der Waals surface area contributed by atoms with Gasteiger partial charge in [-0.15, -0.1) is 0 Å². The Morgan fingerprint density at radius 2 is 1.92 bits per heavy atom. The zero-order chi connectivity index (χ0) is 17.4. The third-order valence-electron chi connectivity index (χ3n) is 4.16. The summed E-state index contributed by atoms with van der Waals surface area (Å²) in [6.45, 7) is 7.08. The Balaban J connectivity index is 1.90. The standard InChI is InChI=1S/C17H19N3O4/c1-8(16-9(2)19-20-10(16)3)17(22)18-13-6-15-14(23-7-24-15)5-12(13)11(4)21/h5-6,8H,7H2,1-4H3,(H,18,22)(H,19,20)/t8-/m0/s1. The normalized spacial score (nSPS) is 13.7. The number of aromatic nitrogens is 2. The number of amides is 1. The van der Waals surface area contributed by atoms with Gasteiger partial charge in [0.1, 0.15) is 0 Å². The molecule has 0 saturated carbocycles. The van der Waals surface area contributed by atoms with Crippen LogP contribution in [0.2, 0.25) is 0 Å². The van der Waals surface area contributed by atoms with E-state index in [2.05, 4.69) is 15.5 Å². The summed E-state index contributed by atoms with van der Waals surface area (Å²) < 4.78 is 10.6. The summed E-state index contributed by atoms with van der Waals surface area (Å²) in [5.74, 6) is 0.233. The van der Waals surface area contributed by atoms with Crippen LogP contribution in [0.15, 0.2) is 12.1 Å². The Morgan fingerprint density at radius 1 is 1.25 bits per heavy atom. The van der Waals surface area contributed by atoms with Crippen LogP contribution in [0.1, 0.15) is 47.1 Å². The van der Waals surface area contributed by atoms with Gasteiger partial charge in [0.2, 0.25) is 12.7 Å². The molecular weight excluding hydrogens is 310 g/mol. The van der Waals surface area contributed by atoms with Crippen LogP contribution < -0.4 is 14.8 Å². The van der Waals surface area contributed by atoms with Gasteiger partial charge in [0.05, 0.1) is 17.3 Å². The highest BCUT2D eigenvalue weighted by atomic mass is 16.7. The zero-order valence-corrected chi connectivity index (χ0v) is 14.0. The quantitative estimate of drug-likeness (QED) is 0.841. The first-order chi connectivity index (χ1) is 11.4. The minimum Gasteiger partial charge on any atom is -0.454 e. The number of ketones is 1. The summed E-state index contributed by atoms with van der Waals surface area (Å²) in [4.78, 5) is 24.5. The van der Waals surface area contributed by atoms with E-state index >= 15 is 0 Å². The Hall–Kier alpha value is -2.83. The molecule has 2 heterocycles. The Bertz CT molecular complexity index is 806. The van der Waals surface area contributed by atoms with Gasteiger partial charge in [0.25, 0.3) is 0 Å². The molecule has 1 aliphatic heterocycles. The molecule has 7 heteroatoms. The molecule has 1 aromatic carbocycles. The number of hydrogen-bond donors (Lipinski definition) is 2. The summed E-state index contributed by atoms with van der Waals surface area (Å²) in [7, 11) is 0. The number of aromatic amines is 1. The van der Waals surface area contributed by atoms with E-state index in [4.69, 9.17) is 9.47 Å². The molecule has 0 radical (unpaired) electrons. The number of anilines is 1. The number of ether oxygens (including phenoxy) is 2. The molecule has 0 bridgehead atoms. The number of Topliss-reactive ketones (excluding diaryl/α,β-unsaturated/α-hetero) is 1. The fourth-order valence-electron chi connectivity index (χ4n) is 2.91. The molecule has 1 aromatic heterocycles. The van der Waals surface area contributed by atoms with E-state index < -0.39 is 5.92 Å². The van der Waals surface area contributed by atoms with Crippen molar-refractivity contribution in [2.45, 2.75) is 33.6 Å². The lowest BCUT2D eigenvalue weighted by Gasteiger charge is -2.15. The molecule has 1 atom stereocenters. The molecular formula is C17H19N3O4. The monoisotopic (exact) mass is 329 g/mol. The van der Waals surface area contributed by atoms with Gasteiger partial charge >= 0.3 is 0 Å². The summed E-state index contributed by atoms with van der Waals surface area (Å²) in [6.07, 6.45) is 0. The molecule has 2 N–H and O–H groups in total. The maximum atomic E-state index is 12.7. The second kappa shape index (κ2) is 5.99. The molecule has 0 saturated heterocycles. The number of hydrogen-bond acceptors (Lipinski definition) is 5. The molecule has 1 aliphatic rings. The van der Waals surface area contributed by atoms with Crippen LogP contribution in [0.5, 0.6) is 11.5 Å². The largest absolute Gasteiger partial charge is 0.454 e. The van der Waals surface area contributed by atoms with E-state index in [0.717, 1.165) is 17.0 Å². The van der Waals surface area contributed by atoms with Crippen LogP contribution in [-0.2, 0) is 4.79 Å². The third kappa shape index (κ3) is 2.73. The fraction of sp³-hybridized carbons (Fsp3) is 0.353. The zero-order valence-electron chi connectivity index (χ0n) is 14.0. The maximum Gasteiger partial charge on any atom is 0.231 e. The minimum absolute atomic E-state index is 0.105. The number of rotatable bonds is 4. The van der Waals surface area contributed by atoms with Gasteiger partial charge in [-0.3, -0.25) is 14.7 Å². The van der Waals surface area contributed by atoms with Gasteiger partial charge < -0.3 is 14.8 Å². The average Bonchev–Trinajstić information content (AvgIpc) is 3.11. The lowest BCUT2D eigenvalue weighted by Crippen LogP contribution is -2.21. The summed E-state index contributed by atoms with van der Waals surface area (Å²) in [6, 6.07) is 3.22. The summed E-state index contributed by atoms with van der Waals surface area (Å²) in [5, 5.41) is 9.83. The highest BCUT2D eigenvalue weighted by molar-refractivity contribution is 6.05. The Kier molecular flexibility index (Phi) is 4.01. The lowest BCUT2D eigenvalue weighted by molar-refractivity contribution is -0.117. The lowest BCUT2D eigenvalue weighted by atomic mass is 9.98. The van der Waals surface area contributed by atoms with Crippen LogP contribution in [0.25, 0.3) is 0 Å². The van der Waals surface area contributed by atoms with Crippen LogP contribution in [0, 0.1) is 13.8 Å². The van der Waals surface area contributed by atoms with Crippen molar-refractivity contribution in [2.24, 2.45) is 0 Å². The van der Waals surface area contributed by atoms with Crippen LogP contribution in [-0.4, -0.2) is 28.7 Å². The number of nitrogens with one attached hydrogen (secondary N) is 2. The predicted octanol–water partition coefficient (Wildman–Crippen LogP) is 2.70. The fourth-order valence-corrected chi connectivity index (χ4v) is 2.91. The van der Waals surface area contributed by atoms with Gasteiger partial charge in [-0.25, -0.2) is 0 Å². The van der Waals surface area contributed by atoms with Crippen molar-refractivity contribution in [2.75, 3.05) is 12.1 Å². The highest BCUT2D eigenvalue weighted by Crippen LogP contribution is 2.37. The molecule has 1 amide bonds. The summed E-state index contributed by atoms with van der Waals surface area (Å²) >= 11 is 0. The van der Waals surface area contributed by atoms with E-state index in [1.165, 1.54) is 6.92 Å². The molecule has 2 aromatic rings. The second-order valence-electron chi connectivity index (χ2n) is 5.87. The predicted molar refractivity (Wildman–Crippen MR) is 87.7 cm³/mol. The van der Waals surface area contributed by atoms with Gasteiger partial charge in [0.15, 0.2) is 17.3 Å². The van der Waals surface area contributed by atoms with Crippen LogP contribution in [0.4, 0.5) is 5.69 Å². The number of nitrogens with zero attached hydrogens (tertiary/aromatic N) is 1. The number of aryl methyl sites for hydroxylation is 2. The van der Waals surface area contributed by atoms with Crippen molar-refractivity contribution in [3.8, 4) is 11.5 Å². The van der Waals surface area contributed by atoms with Crippen molar-refractivity contribution >= 4 is 17.4 Å². The molecule has 0 spiro atoms. The summed E-state index contributed by atoms with van der Waals surface area (Å²) in [5.41, 5.74) is 3.31. The number of carbonyl (C=O) groups excluding carboxylic acids is 2. The highest BCUT2D eigenvalue weighted by Gasteiger charge is 2.25. The van der Waals surface area contributed by atoms with E-state index in [9.17, 15) is 9.59 Å². The smallest absolute Gasteiger partial charge is 0.231 e. The van der Waals surface area contributed by atoms with E-state index in [0.29, 0.717) is 22.7 Å². The second-order valence-corrected chi connectivity index (χ2v) is 5.87. The number of fused-ring (bicyclic) bond motifs is 1. The molecule has 3 rings (SSSR count). The molecule has 0 aliphatic carbocycles. The first-order valence-corrected chi connectivity index (χ1v) is 7.65. The van der Waals surface area contributed by atoms with E-state index in [1.807, 2.05) is 13.8 Å². The van der Waals surface area contributed by atoms with Crippen molar-refractivity contribution in [3.05, 3.63) is 34.6 Å². The van der Waals surface area contributed by atoms with Crippen molar-refractivity contribution < 1.29 is 19.1 Å². The SMILES string of the molecule is CC(=O)c1cc2c(cc1NC(=O)[C@@H](C)c1c(C)n[nH]c1C)OCO2. The Labute approximate surface area is 139 Å². The molecule has 126 valence electrons. The maximum absolute atomic E-state index is 12.7. The average molecular weight is 329 g/mol. The van der Waals surface area contributed by atoms with Gasteiger partial charge in [-0.05, 0) is 33.8 Å². The van der Waals surface area contributed by atoms with Crippen molar-refractivity contribution in [1.29, 1.82) is 0 Å². The topological polar surface area (TPSA) is 93.3 Å². The molecule has 0 fully saturated rings. The molecule has 7 nitrogen and oxygen atoms in total. The van der Waals surface area contributed by atoms with Gasteiger partial charge in [0, 0.05) is 22.9 Å². The van der Waals surface area contributed by atoms with Crippen molar-refractivity contribution in [1.82, 2.24) is 10.2 Å². The first kappa shape index (κ1) is 16.0. The minimum atomic E-state index is -0.408. The van der Waals surface area contributed by atoms with Gasteiger partial charge in [-0.2, -0.15) is 5.10 Å². The first-order valence-electron chi connectivity index (χ1n) is 7.65. The Morgan fingerprint density at radius 3 is 2.50 bits per heavy atom. The number of benzene rings is 1. The molecule has 24 heavy (non-hydrogen) atoms. The van der Waals surface area contributed by atoms with E-state index in [-0.39, 0.29) is 18.5 Å². The van der Waals surface area contributed by atoms with Crippen LogP contribution in [0.3, 0.4) is 0 Å². The van der Waals surface area contributed by atoms with E-state index in [1.54, 1.807) is 19.1 Å². The number of carbonyl (C=O) groups is 2. The van der Waals surface area contributed by atoms with Crippen LogP contribution >= 0.6 is 0 Å². The number of H-pyrrole nitrogens is 1. The third-order valence-corrected chi connectivity index (χ3v) is 4.16. The molecule has 0 unspecified atom stereocenters. The van der Waals surface area contributed by atoms with Crippen molar-refractivity contribution in [3.63, 3.8) is 0 Å². The van der Waals surface area contributed by atoms with Gasteiger partial charge in [-0.1, -0.05) is 0 Å².